The molecule has 0 radical (unpaired) electrons. The molecule has 7 heteroatoms. The van der Waals surface area contributed by atoms with Gasteiger partial charge in [-0.25, -0.2) is 13.2 Å². The van der Waals surface area contributed by atoms with Crippen molar-refractivity contribution in [2.75, 3.05) is 25.5 Å². The van der Waals surface area contributed by atoms with Crippen LogP contribution in [0.1, 0.15) is 36.8 Å². The van der Waals surface area contributed by atoms with Crippen molar-refractivity contribution >= 4 is 22.4 Å². The van der Waals surface area contributed by atoms with Crippen LogP contribution >= 0.6 is 0 Å². The molecule has 2 fully saturated rings. The van der Waals surface area contributed by atoms with E-state index in [4.69, 9.17) is 0 Å². The number of carbonyl (C=O) groups is 1. The van der Waals surface area contributed by atoms with Gasteiger partial charge in [-0.15, -0.1) is 0 Å². The van der Waals surface area contributed by atoms with Crippen LogP contribution in [-0.2, 0) is 22.0 Å². The van der Waals surface area contributed by atoms with Crippen LogP contribution in [-0.4, -0.2) is 45.5 Å². The summed E-state index contributed by atoms with van der Waals surface area (Å²) in [6.45, 7) is 0.638. The standard InChI is InChI=1S/C23H29N3O3S/c1-25(2)23(19-6-4-3-5-7-19)14-12-22(13-15-23)17-26(21(27)24-22)20-10-8-18(9-11-20)16-30(28)29/h3-11,30H,12-17H2,1-2H3,(H,24,27). The van der Waals surface area contributed by atoms with Crippen molar-refractivity contribution in [2.45, 2.75) is 42.5 Å². The van der Waals surface area contributed by atoms with Gasteiger partial charge in [-0.2, -0.15) is 0 Å². The number of hydrogen-bond acceptors (Lipinski definition) is 4. The van der Waals surface area contributed by atoms with Gasteiger partial charge in [0, 0.05) is 11.2 Å². The zero-order valence-corrected chi connectivity index (χ0v) is 18.4. The fourth-order valence-electron chi connectivity index (χ4n) is 5.01. The van der Waals surface area contributed by atoms with E-state index in [2.05, 4.69) is 48.6 Å². The van der Waals surface area contributed by atoms with E-state index in [-0.39, 0.29) is 22.9 Å². The van der Waals surface area contributed by atoms with Crippen LogP contribution in [0.15, 0.2) is 54.6 Å². The first-order valence-electron chi connectivity index (χ1n) is 10.4. The smallest absolute Gasteiger partial charge is 0.322 e. The summed E-state index contributed by atoms with van der Waals surface area (Å²) < 4.78 is 21.9. The fourth-order valence-corrected chi connectivity index (χ4v) is 5.52. The molecule has 1 saturated heterocycles. The van der Waals surface area contributed by atoms with E-state index in [1.807, 2.05) is 18.2 Å². The van der Waals surface area contributed by atoms with Crippen LogP contribution in [0.25, 0.3) is 0 Å². The van der Waals surface area contributed by atoms with Crippen molar-refractivity contribution < 1.29 is 13.2 Å². The van der Waals surface area contributed by atoms with Gasteiger partial charge < -0.3 is 5.32 Å². The molecule has 160 valence electrons. The second-order valence-corrected chi connectivity index (χ2v) is 9.73. The van der Waals surface area contributed by atoms with Crippen molar-refractivity contribution in [3.8, 4) is 0 Å². The number of nitrogens with one attached hydrogen (secondary N) is 1. The molecule has 6 nitrogen and oxygen atoms in total. The molecule has 1 N–H and O–H groups in total. The molecule has 2 aliphatic rings. The molecule has 2 amide bonds. The minimum Gasteiger partial charge on any atom is -0.330 e. The van der Waals surface area contributed by atoms with E-state index in [1.165, 1.54) is 5.56 Å². The summed E-state index contributed by atoms with van der Waals surface area (Å²) in [5.41, 5.74) is 2.64. The van der Waals surface area contributed by atoms with Gasteiger partial charge in [0.1, 0.15) is 10.7 Å². The summed E-state index contributed by atoms with van der Waals surface area (Å²) in [6.07, 6.45) is 3.79. The zero-order chi connectivity index (χ0) is 21.4. The number of carbonyl (C=O) groups excluding carboxylic acids is 1. The molecule has 30 heavy (non-hydrogen) atoms. The number of thiol groups is 1. The number of hydrogen-bond donors (Lipinski definition) is 2. The summed E-state index contributed by atoms with van der Waals surface area (Å²) in [5, 5.41) is 3.26. The van der Waals surface area contributed by atoms with Gasteiger partial charge in [0.2, 0.25) is 0 Å². The molecule has 4 rings (SSSR count). The Balaban J connectivity index is 1.50. The van der Waals surface area contributed by atoms with Gasteiger partial charge in [0.25, 0.3) is 0 Å². The number of nitrogens with zero attached hydrogens (tertiary/aromatic N) is 2. The topological polar surface area (TPSA) is 69.7 Å². The molecule has 1 heterocycles. The summed E-state index contributed by atoms with van der Waals surface area (Å²) in [6, 6.07) is 17.8. The van der Waals surface area contributed by atoms with Crippen LogP contribution in [0.4, 0.5) is 10.5 Å². The average molecular weight is 428 g/mol. The Bertz CT molecular complexity index is 971. The van der Waals surface area contributed by atoms with Crippen LogP contribution < -0.4 is 10.2 Å². The third-order valence-electron chi connectivity index (χ3n) is 6.84. The molecule has 0 bridgehead atoms. The molecule has 1 aliphatic heterocycles. The zero-order valence-electron chi connectivity index (χ0n) is 17.5. The van der Waals surface area contributed by atoms with Crippen LogP contribution in [0, 0.1) is 0 Å². The lowest BCUT2D eigenvalue weighted by Gasteiger charge is -2.48. The SMILES string of the molecule is CN(C)C1(c2ccccc2)CCC2(CC1)CN(c1ccc(C[SH](=O)=O)cc1)C(=O)N2. The van der Waals surface area contributed by atoms with E-state index in [0.29, 0.717) is 6.54 Å². The molecule has 1 spiro atoms. The van der Waals surface area contributed by atoms with Gasteiger partial charge in [0.05, 0.1) is 17.8 Å². The molecule has 1 saturated carbocycles. The van der Waals surface area contributed by atoms with Gasteiger partial charge in [-0.05, 0) is 63.0 Å². The Kier molecular flexibility index (Phi) is 5.59. The van der Waals surface area contributed by atoms with Gasteiger partial charge in [-0.3, -0.25) is 9.80 Å². The highest BCUT2D eigenvalue weighted by atomic mass is 32.2. The Morgan fingerprint density at radius 3 is 2.17 bits per heavy atom. The third kappa shape index (κ3) is 3.84. The largest absolute Gasteiger partial charge is 0.330 e. The highest BCUT2D eigenvalue weighted by Gasteiger charge is 2.50. The van der Waals surface area contributed by atoms with Gasteiger partial charge in [-0.1, -0.05) is 42.5 Å². The molecule has 2 aromatic rings. The quantitative estimate of drug-likeness (QED) is 0.720. The second kappa shape index (κ2) is 8.04. The third-order valence-corrected chi connectivity index (χ3v) is 7.46. The lowest BCUT2D eigenvalue weighted by molar-refractivity contribution is 0.0658. The number of benzene rings is 2. The van der Waals surface area contributed by atoms with Gasteiger partial charge >= 0.3 is 6.03 Å². The summed E-state index contributed by atoms with van der Waals surface area (Å²) >= 11 is 0. The highest BCUT2D eigenvalue weighted by molar-refractivity contribution is 7.71. The minimum absolute atomic E-state index is 0.0126. The fraction of sp³-hybridized carbons (Fsp3) is 0.435. The van der Waals surface area contributed by atoms with E-state index in [9.17, 15) is 13.2 Å². The van der Waals surface area contributed by atoms with E-state index < -0.39 is 10.7 Å². The lowest BCUT2D eigenvalue weighted by atomic mass is 9.69. The maximum Gasteiger partial charge on any atom is 0.322 e. The summed E-state index contributed by atoms with van der Waals surface area (Å²) in [5.74, 6) is 0.0256. The maximum absolute atomic E-state index is 12.8. The Morgan fingerprint density at radius 2 is 1.60 bits per heavy atom. The molecule has 2 aromatic carbocycles. The minimum atomic E-state index is -2.45. The number of anilines is 1. The molecular weight excluding hydrogens is 398 g/mol. The molecule has 0 atom stereocenters. The van der Waals surface area contributed by atoms with Crippen molar-refractivity contribution in [1.82, 2.24) is 10.2 Å². The average Bonchev–Trinajstić information content (AvgIpc) is 3.05. The molecule has 0 aromatic heterocycles. The summed E-state index contributed by atoms with van der Waals surface area (Å²) in [7, 11) is 1.83. The second-order valence-electron chi connectivity index (χ2n) is 8.75. The van der Waals surface area contributed by atoms with E-state index >= 15 is 0 Å². The monoisotopic (exact) mass is 427 g/mol. The highest BCUT2D eigenvalue weighted by Crippen LogP contribution is 2.46. The van der Waals surface area contributed by atoms with Crippen LogP contribution in [0.2, 0.25) is 0 Å². The first-order chi connectivity index (χ1) is 14.3. The van der Waals surface area contributed by atoms with Crippen molar-refractivity contribution in [3.05, 3.63) is 65.7 Å². The predicted octanol–water partition coefficient (Wildman–Crippen LogP) is 3.10. The van der Waals surface area contributed by atoms with Crippen LogP contribution in [0.5, 0.6) is 0 Å². The van der Waals surface area contributed by atoms with Crippen molar-refractivity contribution in [2.24, 2.45) is 0 Å². The van der Waals surface area contributed by atoms with Gasteiger partial charge in [0.15, 0.2) is 0 Å². The molecule has 1 aliphatic carbocycles. The Hall–Kier alpha value is -2.38. The van der Waals surface area contributed by atoms with Crippen molar-refractivity contribution in [1.29, 1.82) is 0 Å². The summed E-state index contributed by atoms with van der Waals surface area (Å²) in [4.78, 5) is 16.9. The van der Waals surface area contributed by atoms with E-state index in [1.54, 1.807) is 17.0 Å². The van der Waals surface area contributed by atoms with Crippen LogP contribution in [0.3, 0.4) is 0 Å². The Morgan fingerprint density at radius 1 is 0.967 bits per heavy atom. The number of rotatable bonds is 5. The maximum atomic E-state index is 12.8. The lowest BCUT2D eigenvalue weighted by Crippen LogP contribution is -2.54. The predicted molar refractivity (Wildman–Crippen MR) is 119 cm³/mol. The normalized spacial score (nSPS) is 26.5. The first kappa shape index (κ1) is 20.9. The van der Waals surface area contributed by atoms with E-state index in [0.717, 1.165) is 36.9 Å². The number of urea groups is 1. The van der Waals surface area contributed by atoms with Crippen molar-refractivity contribution in [3.63, 3.8) is 0 Å². The first-order valence-corrected chi connectivity index (χ1v) is 11.7. The molecular formula is C23H29N3O3S. The molecule has 0 unspecified atom stereocenters. The number of amides is 2. The Labute approximate surface area is 179 Å².